The van der Waals surface area contributed by atoms with E-state index in [9.17, 15) is 9.59 Å². The molecule has 0 aliphatic carbocycles. The van der Waals surface area contributed by atoms with Crippen LogP contribution in [0.15, 0.2) is 82.6 Å². The summed E-state index contributed by atoms with van der Waals surface area (Å²) >= 11 is 1.29. The van der Waals surface area contributed by atoms with E-state index in [0.29, 0.717) is 41.1 Å². The molecule has 0 fully saturated rings. The van der Waals surface area contributed by atoms with Crippen molar-refractivity contribution in [2.75, 3.05) is 17.6 Å². The van der Waals surface area contributed by atoms with Gasteiger partial charge in [-0.2, -0.15) is 0 Å². The van der Waals surface area contributed by atoms with Gasteiger partial charge in [-0.1, -0.05) is 48.2 Å². The fourth-order valence-corrected chi connectivity index (χ4v) is 3.96. The molecule has 33 heavy (non-hydrogen) atoms. The molecule has 0 aliphatic rings. The molecule has 2 amide bonds. The lowest BCUT2D eigenvalue weighted by molar-refractivity contribution is -0.113. The predicted molar refractivity (Wildman–Crippen MR) is 127 cm³/mol. The smallest absolute Gasteiger partial charge is 0.251 e. The van der Waals surface area contributed by atoms with Crippen LogP contribution in [-0.4, -0.2) is 38.9 Å². The molecule has 0 bridgehead atoms. The molecule has 0 atom stereocenters. The third-order valence-corrected chi connectivity index (χ3v) is 5.69. The first-order valence-electron chi connectivity index (χ1n) is 10.5. The van der Waals surface area contributed by atoms with Crippen molar-refractivity contribution in [2.24, 2.45) is 0 Å². The Hall–Kier alpha value is -3.85. The lowest BCUT2D eigenvalue weighted by Gasteiger charge is -2.10. The highest BCUT2D eigenvalue weighted by Gasteiger charge is 2.18. The number of amides is 2. The number of carbonyl (C=O) groups is 2. The number of aromatic nitrogens is 3. The summed E-state index contributed by atoms with van der Waals surface area (Å²) in [5.74, 6) is 0.957. The van der Waals surface area contributed by atoms with Gasteiger partial charge in [0, 0.05) is 17.8 Å². The van der Waals surface area contributed by atoms with Crippen molar-refractivity contribution < 1.29 is 14.0 Å². The maximum atomic E-state index is 12.6. The van der Waals surface area contributed by atoms with Crippen LogP contribution in [-0.2, 0) is 11.3 Å². The largest absolute Gasteiger partial charge is 0.461 e. The van der Waals surface area contributed by atoms with E-state index in [2.05, 4.69) is 20.8 Å². The summed E-state index contributed by atoms with van der Waals surface area (Å²) in [4.78, 5) is 24.6. The minimum Gasteiger partial charge on any atom is -0.461 e. The minimum absolute atomic E-state index is 0.135. The summed E-state index contributed by atoms with van der Waals surface area (Å²) in [7, 11) is 0. The molecule has 9 heteroatoms. The van der Waals surface area contributed by atoms with E-state index in [4.69, 9.17) is 4.42 Å². The first-order chi connectivity index (χ1) is 16.1. The summed E-state index contributed by atoms with van der Waals surface area (Å²) in [5.41, 5.74) is 2.14. The maximum absolute atomic E-state index is 12.6. The van der Waals surface area contributed by atoms with Gasteiger partial charge in [0.25, 0.3) is 5.91 Å². The Labute approximate surface area is 195 Å². The van der Waals surface area contributed by atoms with E-state index >= 15 is 0 Å². The van der Waals surface area contributed by atoms with Crippen molar-refractivity contribution in [1.82, 2.24) is 20.1 Å². The van der Waals surface area contributed by atoms with Gasteiger partial charge in [0.2, 0.25) is 11.7 Å². The standard InChI is InChI=1S/C24H23N5O3S/c1-2-25-23(31)18-10-6-11-19(14-18)26-21(30)16-33-24-28-27-22(20-12-7-13-32-20)29(24)15-17-8-4-3-5-9-17/h3-14H,2,15-16H2,1H3,(H,25,31)(H,26,30). The summed E-state index contributed by atoms with van der Waals surface area (Å²) in [5, 5.41) is 14.8. The fourth-order valence-electron chi connectivity index (χ4n) is 3.22. The van der Waals surface area contributed by atoms with Gasteiger partial charge < -0.3 is 15.1 Å². The molecule has 2 aromatic carbocycles. The molecule has 0 aliphatic heterocycles. The monoisotopic (exact) mass is 461 g/mol. The highest BCUT2D eigenvalue weighted by atomic mass is 32.2. The average molecular weight is 462 g/mol. The molecule has 4 rings (SSSR count). The summed E-state index contributed by atoms with van der Waals surface area (Å²) < 4.78 is 7.45. The zero-order chi connectivity index (χ0) is 23.0. The Kier molecular flexibility index (Phi) is 7.21. The molecule has 2 heterocycles. The second-order valence-electron chi connectivity index (χ2n) is 7.13. The van der Waals surface area contributed by atoms with Crippen LogP contribution in [0, 0.1) is 0 Å². The number of nitrogens with one attached hydrogen (secondary N) is 2. The quantitative estimate of drug-likeness (QED) is 0.364. The molecule has 0 saturated heterocycles. The van der Waals surface area contributed by atoms with Crippen LogP contribution in [0.25, 0.3) is 11.6 Å². The number of benzene rings is 2. The molecule has 0 spiro atoms. The molecule has 0 unspecified atom stereocenters. The number of nitrogens with zero attached hydrogens (tertiary/aromatic N) is 3. The Morgan fingerprint density at radius 2 is 1.88 bits per heavy atom. The van der Waals surface area contributed by atoms with Crippen molar-refractivity contribution in [3.63, 3.8) is 0 Å². The molecule has 0 radical (unpaired) electrons. The number of carbonyl (C=O) groups excluding carboxylic acids is 2. The second kappa shape index (κ2) is 10.6. The maximum Gasteiger partial charge on any atom is 0.251 e. The van der Waals surface area contributed by atoms with Gasteiger partial charge in [0.15, 0.2) is 10.9 Å². The minimum atomic E-state index is -0.207. The van der Waals surface area contributed by atoms with Gasteiger partial charge in [0.05, 0.1) is 18.6 Å². The topological polar surface area (TPSA) is 102 Å². The van der Waals surface area contributed by atoms with Crippen LogP contribution in [0.5, 0.6) is 0 Å². The average Bonchev–Trinajstić information content (AvgIpc) is 3.49. The van der Waals surface area contributed by atoms with Crippen LogP contribution in [0.3, 0.4) is 0 Å². The van der Waals surface area contributed by atoms with Crippen molar-refractivity contribution in [3.8, 4) is 11.6 Å². The van der Waals surface area contributed by atoms with Crippen LogP contribution >= 0.6 is 11.8 Å². The molecule has 2 N–H and O–H groups in total. The lowest BCUT2D eigenvalue weighted by atomic mass is 10.2. The van der Waals surface area contributed by atoms with Gasteiger partial charge in [-0.05, 0) is 42.8 Å². The van der Waals surface area contributed by atoms with E-state index in [1.165, 1.54) is 11.8 Å². The van der Waals surface area contributed by atoms with Crippen molar-refractivity contribution in [3.05, 3.63) is 84.1 Å². The van der Waals surface area contributed by atoms with Crippen LogP contribution < -0.4 is 10.6 Å². The summed E-state index contributed by atoms with van der Waals surface area (Å²) in [6.07, 6.45) is 1.59. The van der Waals surface area contributed by atoms with Gasteiger partial charge in [-0.3, -0.25) is 14.2 Å². The molecule has 2 aromatic heterocycles. The Balaban J connectivity index is 1.46. The molecule has 0 saturated carbocycles. The molecular formula is C24H23N5O3S. The predicted octanol–water partition coefficient (Wildman–Crippen LogP) is 4.07. The van der Waals surface area contributed by atoms with E-state index in [0.717, 1.165) is 5.56 Å². The zero-order valence-corrected chi connectivity index (χ0v) is 18.8. The van der Waals surface area contributed by atoms with Gasteiger partial charge >= 0.3 is 0 Å². The van der Waals surface area contributed by atoms with Gasteiger partial charge in [-0.15, -0.1) is 10.2 Å². The number of hydrogen-bond donors (Lipinski definition) is 2. The van der Waals surface area contributed by atoms with Crippen LogP contribution in [0.2, 0.25) is 0 Å². The van der Waals surface area contributed by atoms with E-state index in [1.54, 1.807) is 36.6 Å². The van der Waals surface area contributed by atoms with Crippen molar-refractivity contribution in [2.45, 2.75) is 18.6 Å². The molecule has 168 valence electrons. The SMILES string of the molecule is CCNC(=O)c1cccc(NC(=O)CSc2nnc(-c3ccco3)n2Cc2ccccc2)c1. The third-order valence-electron chi connectivity index (χ3n) is 4.72. The van der Waals surface area contributed by atoms with Crippen molar-refractivity contribution >= 4 is 29.3 Å². The van der Waals surface area contributed by atoms with Crippen molar-refractivity contribution in [1.29, 1.82) is 0 Å². The third kappa shape index (κ3) is 5.69. The lowest BCUT2D eigenvalue weighted by Crippen LogP contribution is -2.23. The molecule has 8 nitrogen and oxygen atoms in total. The Bertz CT molecular complexity index is 1220. The van der Waals surface area contributed by atoms with E-state index in [-0.39, 0.29) is 17.6 Å². The highest BCUT2D eigenvalue weighted by molar-refractivity contribution is 7.99. The number of thioether (sulfide) groups is 1. The first-order valence-corrected chi connectivity index (χ1v) is 11.4. The highest BCUT2D eigenvalue weighted by Crippen LogP contribution is 2.25. The van der Waals surface area contributed by atoms with Gasteiger partial charge in [-0.25, -0.2) is 0 Å². The number of anilines is 1. The zero-order valence-electron chi connectivity index (χ0n) is 18.0. The fraction of sp³-hybridized carbons (Fsp3) is 0.167. The van der Waals surface area contributed by atoms with E-state index in [1.807, 2.05) is 47.9 Å². The molecule has 4 aromatic rings. The van der Waals surface area contributed by atoms with Crippen LogP contribution in [0.1, 0.15) is 22.8 Å². The van der Waals surface area contributed by atoms with E-state index < -0.39 is 0 Å². The normalized spacial score (nSPS) is 10.7. The van der Waals surface area contributed by atoms with Crippen LogP contribution in [0.4, 0.5) is 5.69 Å². The first kappa shape index (κ1) is 22.3. The Morgan fingerprint density at radius 1 is 1.03 bits per heavy atom. The number of hydrogen-bond acceptors (Lipinski definition) is 6. The second-order valence-corrected chi connectivity index (χ2v) is 8.07. The molecular weight excluding hydrogens is 438 g/mol. The Morgan fingerprint density at radius 3 is 2.64 bits per heavy atom. The van der Waals surface area contributed by atoms with Gasteiger partial charge in [0.1, 0.15) is 0 Å². The number of furan rings is 1. The summed E-state index contributed by atoms with van der Waals surface area (Å²) in [6, 6.07) is 20.4. The summed E-state index contributed by atoms with van der Waals surface area (Å²) in [6.45, 7) is 2.94. The number of rotatable bonds is 9.